The number of nitrogens with one attached hydrogen (secondary N) is 1. The Bertz CT molecular complexity index is 375. The predicted molar refractivity (Wildman–Crippen MR) is 69.2 cm³/mol. The minimum absolute atomic E-state index is 0.0493. The summed E-state index contributed by atoms with van der Waals surface area (Å²) < 4.78 is 43.0. The zero-order chi connectivity index (χ0) is 14.5. The summed E-state index contributed by atoms with van der Waals surface area (Å²) in [6.07, 6.45) is -3.40. The van der Waals surface area contributed by atoms with Gasteiger partial charge in [0.2, 0.25) is 0 Å². The zero-order valence-electron chi connectivity index (χ0n) is 11.4. The second kappa shape index (κ2) is 6.80. The van der Waals surface area contributed by atoms with Crippen LogP contribution in [-0.4, -0.2) is 19.7 Å². The summed E-state index contributed by atoms with van der Waals surface area (Å²) in [5.74, 6) is 0.795. The van der Waals surface area contributed by atoms with Crippen molar-refractivity contribution >= 4 is 0 Å². The SMILES string of the molecule is CCC(C)C(CNC)Oc1ccc(C(F)(F)F)cc1. The summed E-state index contributed by atoms with van der Waals surface area (Å²) in [7, 11) is 1.82. The van der Waals surface area contributed by atoms with Gasteiger partial charge in [0.15, 0.2) is 0 Å². The number of likely N-dealkylation sites (N-methyl/N-ethyl adjacent to an activating group) is 1. The van der Waals surface area contributed by atoms with E-state index in [9.17, 15) is 13.2 Å². The van der Waals surface area contributed by atoms with E-state index in [-0.39, 0.29) is 6.10 Å². The maximum absolute atomic E-state index is 12.4. The highest BCUT2D eigenvalue weighted by Gasteiger charge is 2.30. The summed E-state index contributed by atoms with van der Waals surface area (Å²) in [5.41, 5.74) is -0.659. The first-order chi connectivity index (χ1) is 8.88. The van der Waals surface area contributed by atoms with E-state index in [2.05, 4.69) is 19.2 Å². The van der Waals surface area contributed by atoms with Crippen molar-refractivity contribution in [2.45, 2.75) is 32.5 Å². The molecule has 1 aromatic rings. The second-order valence-corrected chi connectivity index (χ2v) is 4.62. The number of ether oxygens (including phenoxy) is 1. The molecule has 1 N–H and O–H groups in total. The lowest BCUT2D eigenvalue weighted by Gasteiger charge is -2.24. The number of halogens is 3. The summed E-state index contributed by atoms with van der Waals surface area (Å²) in [6.45, 7) is 4.78. The molecule has 2 nitrogen and oxygen atoms in total. The van der Waals surface area contributed by atoms with Crippen LogP contribution >= 0.6 is 0 Å². The lowest BCUT2D eigenvalue weighted by molar-refractivity contribution is -0.137. The van der Waals surface area contributed by atoms with Crippen LogP contribution in [0.4, 0.5) is 13.2 Å². The summed E-state index contributed by atoms with van der Waals surface area (Å²) >= 11 is 0. The maximum Gasteiger partial charge on any atom is 0.416 e. The van der Waals surface area contributed by atoms with E-state index in [4.69, 9.17) is 4.74 Å². The van der Waals surface area contributed by atoms with Crippen molar-refractivity contribution in [1.82, 2.24) is 5.32 Å². The molecule has 0 aliphatic heterocycles. The zero-order valence-corrected chi connectivity index (χ0v) is 11.4. The van der Waals surface area contributed by atoms with E-state index in [1.807, 2.05) is 7.05 Å². The Hall–Kier alpha value is -1.23. The van der Waals surface area contributed by atoms with Crippen molar-refractivity contribution in [3.63, 3.8) is 0 Å². The third-order valence-corrected chi connectivity index (χ3v) is 3.15. The van der Waals surface area contributed by atoms with Crippen molar-refractivity contribution in [3.8, 4) is 5.75 Å². The molecule has 0 aliphatic carbocycles. The van der Waals surface area contributed by atoms with Crippen LogP contribution in [0.2, 0.25) is 0 Å². The molecular formula is C14H20F3NO. The molecule has 0 amide bonds. The smallest absolute Gasteiger partial charge is 0.416 e. The molecule has 0 aliphatic rings. The van der Waals surface area contributed by atoms with Crippen molar-refractivity contribution in [2.75, 3.05) is 13.6 Å². The van der Waals surface area contributed by atoms with Gasteiger partial charge < -0.3 is 10.1 Å². The molecule has 0 fully saturated rings. The standard InChI is InChI=1S/C14H20F3NO/c1-4-10(2)13(9-18-3)19-12-7-5-11(6-8-12)14(15,16)17/h5-8,10,13,18H,4,9H2,1-3H3. The van der Waals surface area contributed by atoms with Crippen LogP contribution in [0.3, 0.4) is 0 Å². The van der Waals surface area contributed by atoms with Gasteiger partial charge in [-0.15, -0.1) is 0 Å². The summed E-state index contributed by atoms with van der Waals surface area (Å²) in [6, 6.07) is 4.83. The number of benzene rings is 1. The highest BCUT2D eigenvalue weighted by molar-refractivity contribution is 5.29. The van der Waals surface area contributed by atoms with Gasteiger partial charge in [-0.1, -0.05) is 13.8 Å². The molecule has 1 rings (SSSR count). The number of rotatable bonds is 6. The van der Waals surface area contributed by atoms with Crippen LogP contribution in [0.15, 0.2) is 24.3 Å². The van der Waals surface area contributed by atoms with Crippen LogP contribution in [0, 0.1) is 5.92 Å². The fourth-order valence-corrected chi connectivity index (χ4v) is 1.72. The van der Waals surface area contributed by atoms with E-state index < -0.39 is 11.7 Å². The van der Waals surface area contributed by atoms with Gasteiger partial charge in [0.05, 0.1) is 5.56 Å². The van der Waals surface area contributed by atoms with Crippen molar-refractivity contribution in [2.24, 2.45) is 5.92 Å². The first-order valence-corrected chi connectivity index (χ1v) is 6.37. The molecule has 0 spiro atoms. The lowest BCUT2D eigenvalue weighted by atomic mass is 10.0. The molecule has 0 bridgehead atoms. The first kappa shape index (κ1) is 15.8. The van der Waals surface area contributed by atoms with Crippen LogP contribution in [0.25, 0.3) is 0 Å². The highest BCUT2D eigenvalue weighted by atomic mass is 19.4. The van der Waals surface area contributed by atoms with Gasteiger partial charge in [-0.05, 0) is 43.7 Å². The molecule has 0 saturated heterocycles. The maximum atomic E-state index is 12.4. The van der Waals surface area contributed by atoms with Crippen LogP contribution in [0.5, 0.6) is 5.75 Å². The average molecular weight is 275 g/mol. The molecular weight excluding hydrogens is 255 g/mol. The van der Waals surface area contributed by atoms with Gasteiger partial charge in [-0.2, -0.15) is 13.2 Å². The largest absolute Gasteiger partial charge is 0.489 e. The molecule has 1 aromatic carbocycles. The van der Waals surface area contributed by atoms with Gasteiger partial charge in [0.25, 0.3) is 0 Å². The molecule has 0 aromatic heterocycles. The monoisotopic (exact) mass is 275 g/mol. The third kappa shape index (κ3) is 4.74. The molecule has 19 heavy (non-hydrogen) atoms. The molecule has 5 heteroatoms. The predicted octanol–water partition coefficient (Wildman–Crippen LogP) is 3.72. The Morgan fingerprint density at radius 2 is 1.79 bits per heavy atom. The van der Waals surface area contributed by atoms with Crippen molar-refractivity contribution < 1.29 is 17.9 Å². The Labute approximate surface area is 112 Å². The molecule has 0 heterocycles. The van der Waals surface area contributed by atoms with E-state index in [1.165, 1.54) is 12.1 Å². The molecule has 0 saturated carbocycles. The molecule has 2 atom stereocenters. The fraction of sp³-hybridized carbons (Fsp3) is 0.571. The quantitative estimate of drug-likeness (QED) is 0.854. The summed E-state index contributed by atoms with van der Waals surface area (Å²) in [5, 5.41) is 3.03. The van der Waals surface area contributed by atoms with E-state index in [0.29, 0.717) is 18.2 Å². The average Bonchev–Trinajstić information content (AvgIpc) is 2.37. The van der Waals surface area contributed by atoms with Gasteiger partial charge in [-0.25, -0.2) is 0 Å². The Morgan fingerprint density at radius 3 is 2.21 bits per heavy atom. The molecule has 2 unspecified atom stereocenters. The van der Waals surface area contributed by atoms with Crippen molar-refractivity contribution in [3.05, 3.63) is 29.8 Å². The van der Waals surface area contributed by atoms with Crippen LogP contribution < -0.4 is 10.1 Å². The Morgan fingerprint density at radius 1 is 1.21 bits per heavy atom. The van der Waals surface area contributed by atoms with Crippen LogP contribution in [0.1, 0.15) is 25.8 Å². The topological polar surface area (TPSA) is 21.3 Å². The second-order valence-electron chi connectivity index (χ2n) is 4.62. The first-order valence-electron chi connectivity index (χ1n) is 6.37. The van der Waals surface area contributed by atoms with E-state index in [1.54, 1.807) is 0 Å². The number of hydrogen-bond acceptors (Lipinski definition) is 2. The van der Waals surface area contributed by atoms with Gasteiger partial charge in [0, 0.05) is 6.54 Å². The minimum Gasteiger partial charge on any atom is -0.489 e. The molecule has 0 radical (unpaired) electrons. The third-order valence-electron chi connectivity index (χ3n) is 3.15. The lowest BCUT2D eigenvalue weighted by Crippen LogP contribution is -2.34. The van der Waals surface area contributed by atoms with Gasteiger partial charge in [-0.3, -0.25) is 0 Å². The van der Waals surface area contributed by atoms with Crippen LogP contribution in [-0.2, 0) is 6.18 Å². The van der Waals surface area contributed by atoms with E-state index >= 15 is 0 Å². The van der Waals surface area contributed by atoms with Crippen molar-refractivity contribution in [1.29, 1.82) is 0 Å². The Kier molecular flexibility index (Phi) is 5.66. The fourth-order valence-electron chi connectivity index (χ4n) is 1.72. The Balaban J connectivity index is 2.75. The normalized spacial score (nSPS) is 15.1. The number of hydrogen-bond donors (Lipinski definition) is 1. The minimum atomic E-state index is -4.31. The van der Waals surface area contributed by atoms with Gasteiger partial charge in [0.1, 0.15) is 11.9 Å². The summed E-state index contributed by atoms with van der Waals surface area (Å²) in [4.78, 5) is 0. The molecule has 108 valence electrons. The van der Waals surface area contributed by atoms with E-state index in [0.717, 1.165) is 18.6 Å². The highest BCUT2D eigenvalue weighted by Crippen LogP contribution is 2.30. The number of alkyl halides is 3. The van der Waals surface area contributed by atoms with Gasteiger partial charge >= 0.3 is 6.18 Å².